The summed E-state index contributed by atoms with van der Waals surface area (Å²) in [6.07, 6.45) is 1.71. The molecule has 1 aliphatic heterocycles. The molecule has 4 heteroatoms. The number of benzene rings is 1. The van der Waals surface area contributed by atoms with Gasteiger partial charge in [0, 0.05) is 17.8 Å². The smallest absolute Gasteiger partial charge is 0.227 e. The Hall–Kier alpha value is -1.55. The van der Waals surface area contributed by atoms with Gasteiger partial charge < -0.3 is 15.7 Å². The van der Waals surface area contributed by atoms with Gasteiger partial charge in [0.2, 0.25) is 5.91 Å². The number of nitrogens with zero attached hydrogens (tertiary/aromatic N) is 1. The van der Waals surface area contributed by atoms with Gasteiger partial charge in [-0.25, -0.2) is 0 Å². The van der Waals surface area contributed by atoms with Gasteiger partial charge in [0.1, 0.15) is 0 Å². The van der Waals surface area contributed by atoms with Crippen molar-refractivity contribution in [2.24, 2.45) is 0 Å². The lowest BCUT2D eigenvalue weighted by Gasteiger charge is -2.24. The summed E-state index contributed by atoms with van der Waals surface area (Å²) in [5, 5.41) is 9.48. The van der Waals surface area contributed by atoms with E-state index in [1.807, 2.05) is 12.1 Å². The first kappa shape index (κ1) is 11.9. The van der Waals surface area contributed by atoms with Gasteiger partial charge in [-0.3, -0.25) is 4.79 Å². The lowest BCUT2D eigenvalue weighted by molar-refractivity contribution is -0.118. The van der Waals surface area contributed by atoms with E-state index >= 15 is 0 Å². The monoisotopic (exact) mass is 234 g/mol. The van der Waals surface area contributed by atoms with Gasteiger partial charge in [-0.2, -0.15) is 0 Å². The topological polar surface area (TPSA) is 66.6 Å². The van der Waals surface area contributed by atoms with Crippen LogP contribution in [-0.2, 0) is 11.2 Å². The molecule has 0 bridgehead atoms. The number of aliphatic hydroxyl groups is 1. The molecule has 0 saturated carbocycles. The van der Waals surface area contributed by atoms with Crippen LogP contribution in [0.2, 0.25) is 0 Å². The van der Waals surface area contributed by atoms with Crippen molar-refractivity contribution in [3.8, 4) is 0 Å². The molecule has 3 N–H and O–H groups in total. The third kappa shape index (κ3) is 2.58. The van der Waals surface area contributed by atoms with Crippen molar-refractivity contribution in [1.29, 1.82) is 0 Å². The molecule has 0 radical (unpaired) electrons. The van der Waals surface area contributed by atoms with Crippen LogP contribution in [0.15, 0.2) is 18.2 Å². The summed E-state index contributed by atoms with van der Waals surface area (Å²) in [5.74, 6) is 0.0782. The van der Waals surface area contributed by atoms with Crippen LogP contribution in [0.3, 0.4) is 0 Å². The first-order valence-electron chi connectivity index (χ1n) is 5.95. The second kappa shape index (κ2) is 4.75. The zero-order chi connectivity index (χ0) is 12.4. The third-order valence-corrected chi connectivity index (χ3v) is 2.98. The number of carbonyl (C=O) groups is 1. The van der Waals surface area contributed by atoms with Gasteiger partial charge in [0.15, 0.2) is 0 Å². The van der Waals surface area contributed by atoms with Crippen molar-refractivity contribution in [2.45, 2.75) is 32.3 Å². The van der Waals surface area contributed by atoms with Crippen LogP contribution < -0.4 is 10.6 Å². The molecular weight excluding hydrogens is 216 g/mol. The molecule has 1 heterocycles. The van der Waals surface area contributed by atoms with Crippen LogP contribution in [0.4, 0.5) is 11.4 Å². The van der Waals surface area contributed by atoms with Crippen molar-refractivity contribution in [2.75, 3.05) is 17.2 Å². The number of hydrogen-bond acceptors (Lipinski definition) is 3. The fourth-order valence-corrected chi connectivity index (χ4v) is 2.23. The van der Waals surface area contributed by atoms with Crippen molar-refractivity contribution >= 4 is 17.3 Å². The van der Waals surface area contributed by atoms with Crippen LogP contribution in [-0.4, -0.2) is 23.7 Å². The molecule has 1 aromatic rings. The van der Waals surface area contributed by atoms with Gasteiger partial charge in [-0.1, -0.05) is 0 Å². The Morgan fingerprint density at radius 2 is 2.24 bits per heavy atom. The quantitative estimate of drug-likeness (QED) is 0.758. The van der Waals surface area contributed by atoms with E-state index in [-0.39, 0.29) is 5.91 Å². The molecule has 1 aliphatic rings. The number of carbonyl (C=O) groups excluding carboxylic acids is 1. The number of fused-ring (bicyclic) bond motifs is 1. The molecule has 4 nitrogen and oxygen atoms in total. The summed E-state index contributed by atoms with van der Waals surface area (Å²) < 4.78 is 0. The highest BCUT2D eigenvalue weighted by atomic mass is 16.3. The van der Waals surface area contributed by atoms with Crippen LogP contribution >= 0.6 is 0 Å². The summed E-state index contributed by atoms with van der Waals surface area (Å²) in [6.45, 7) is 2.03. The predicted octanol–water partition coefficient (Wildman–Crippen LogP) is 1.32. The molecular formula is C13H18N2O2. The Morgan fingerprint density at radius 1 is 1.47 bits per heavy atom. The van der Waals surface area contributed by atoms with Crippen LogP contribution in [0.1, 0.15) is 25.3 Å². The molecule has 0 spiro atoms. The molecule has 17 heavy (non-hydrogen) atoms. The number of nitrogen functional groups attached to an aromatic ring is 1. The van der Waals surface area contributed by atoms with Gasteiger partial charge in [-0.05, 0) is 43.5 Å². The average molecular weight is 234 g/mol. The van der Waals surface area contributed by atoms with Gasteiger partial charge in [0.25, 0.3) is 0 Å². The highest BCUT2D eigenvalue weighted by molar-refractivity contribution is 5.95. The molecule has 1 unspecified atom stereocenters. The van der Waals surface area contributed by atoms with Crippen molar-refractivity contribution in [3.05, 3.63) is 23.8 Å². The van der Waals surface area contributed by atoms with Gasteiger partial charge >= 0.3 is 0 Å². The number of hydrogen-bond donors (Lipinski definition) is 2. The van der Waals surface area contributed by atoms with E-state index in [9.17, 15) is 9.90 Å². The SMILES string of the molecule is CC(O)CN1C(=O)CCCc2cc(N)ccc21. The van der Waals surface area contributed by atoms with Crippen molar-refractivity contribution in [3.63, 3.8) is 0 Å². The zero-order valence-electron chi connectivity index (χ0n) is 10.0. The van der Waals surface area contributed by atoms with E-state index in [1.165, 1.54) is 0 Å². The maximum absolute atomic E-state index is 12.0. The molecule has 0 saturated heterocycles. The lowest BCUT2D eigenvalue weighted by Crippen LogP contribution is -2.36. The maximum Gasteiger partial charge on any atom is 0.227 e. The van der Waals surface area contributed by atoms with Crippen molar-refractivity contribution < 1.29 is 9.90 Å². The summed E-state index contributed by atoms with van der Waals surface area (Å²) in [7, 11) is 0. The van der Waals surface area contributed by atoms with E-state index in [2.05, 4.69) is 0 Å². The maximum atomic E-state index is 12.0. The van der Waals surface area contributed by atoms with E-state index < -0.39 is 6.10 Å². The standard InChI is InChI=1S/C13H18N2O2/c1-9(16)8-15-12-6-5-11(14)7-10(12)3-2-4-13(15)17/h5-7,9,16H,2-4,8,14H2,1H3. The third-order valence-electron chi connectivity index (χ3n) is 2.98. The number of β-amino-alcohol motifs (C(OH)–C–C–N with tert-alkyl or cyclic N) is 1. The lowest BCUT2D eigenvalue weighted by atomic mass is 10.1. The van der Waals surface area contributed by atoms with Crippen LogP contribution in [0, 0.1) is 0 Å². The minimum Gasteiger partial charge on any atom is -0.399 e. The van der Waals surface area contributed by atoms with Gasteiger partial charge in [-0.15, -0.1) is 0 Å². The van der Waals surface area contributed by atoms with Crippen molar-refractivity contribution in [1.82, 2.24) is 0 Å². The van der Waals surface area contributed by atoms with Gasteiger partial charge in [0.05, 0.1) is 12.6 Å². The summed E-state index contributed by atoms with van der Waals surface area (Å²) in [6, 6.07) is 5.59. The fourth-order valence-electron chi connectivity index (χ4n) is 2.23. The second-order valence-electron chi connectivity index (χ2n) is 4.60. The van der Waals surface area contributed by atoms with E-state index in [0.717, 1.165) is 29.8 Å². The highest BCUT2D eigenvalue weighted by Gasteiger charge is 2.23. The Kier molecular flexibility index (Phi) is 3.33. The number of aliphatic hydroxyl groups excluding tert-OH is 1. The van der Waals surface area contributed by atoms with E-state index in [4.69, 9.17) is 5.73 Å². The number of amides is 1. The molecule has 1 atom stereocenters. The Morgan fingerprint density at radius 3 is 2.94 bits per heavy atom. The Labute approximate surface area is 101 Å². The molecule has 0 fully saturated rings. The number of aryl methyl sites for hydroxylation is 1. The molecule has 0 aromatic heterocycles. The first-order chi connectivity index (χ1) is 8.08. The number of rotatable bonds is 2. The summed E-state index contributed by atoms with van der Waals surface area (Å²) >= 11 is 0. The van der Waals surface area contributed by atoms with Crippen LogP contribution in [0.25, 0.3) is 0 Å². The Bertz CT molecular complexity index is 429. The molecule has 1 amide bonds. The first-order valence-corrected chi connectivity index (χ1v) is 5.95. The fraction of sp³-hybridized carbons (Fsp3) is 0.462. The Balaban J connectivity index is 2.39. The molecule has 0 aliphatic carbocycles. The molecule has 92 valence electrons. The normalized spacial score (nSPS) is 17.5. The molecule has 2 rings (SSSR count). The minimum absolute atomic E-state index is 0.0782. The predicted molar refractivity (Wildman–Crippen MR) is 67.8 cm³/mol. The summed E-state index contributed by atoms with van der Waals surface area (Å²) in [5.41, 5.74) is 8.46. The number of nitrogens with two attached hydrogens (primary N) is 1. The summed E-state index contributed by atoms with van der Waals surface area (Å²) in [4.78, 5) is 13.7. The van der Waals surface area contributed by atoms with E-state index in [0.29, 0.717) is 13.0 Å². The zero-order valence-corrected chi connectivity index (χ0v) is 10.0. The average Bonchev–Trinajstić information content (AvgIpc) is 2.39. The minimum atomic E-state index is -0.526. The van der Waals surface area contributed by atoms with E-state index in [1.54, 1.807) is 17.9 Å². The largest absolute Gasteiger partial charge is 0.399 e. The van der Waals surface area contributed by atoms with Crippen LogP contribution in [0.5, 0.6) is 0 Å². The second-order valence-corrected chi connectivity index (χ2v) is 4.60. The highest BCUT2D eigenvalue weighted by Crippen LogP contribution is 2.28. The molecule has 1 aromatic carbocycles. The number of anilines is 2.